The molecule has 0 spiro atoms. The van der Waals surface area contributed by atoms with Gasteiger partial charge in [0.2, 0.25) is 5.91 Å². The van der Waals surface area contributed by atoms with Crippen molar-refractivity contribution in [1.82, 2.24) is 5.32 Å². The number of aliphatic hydroxyl groups is 1. The number of carbonyl (C=O) groups excluding carboxylic acids is 1. The topological polar surface area (TPSA) is 52.6 Å². The van der Waals surface area contributed by atoms with E-state index in [1.807, 2.05) is 0 Å². The van der Waals surface area contributed by atoms with Gasteiger partial charge in [-0.05, 0) is 37.1 Å². The van der Waals surface area contributed by atoms with Crippen LogP contribution in [-0.4, -0.2) is 30.2 Å². The third kappa shape index (κ3) is 4.26. The summed E-state index contributed by atoms with van der Waals surface area (Å²) in [7, 11) is 0. The highest BCUT2D eigenvalue weighted by Gasteiger charge is 2.34. The van der Waals surface area contributed by atoms with Crippen LogP contribution >= 0.6 is 11.6 Å². The molecule has 0 aromatic heterocycles. The van der Waals surface area contributed by atoms with Crippen molar-refractivity contribution in [3.05, 3.63) is 64.4 Å². The van der Waals surface area contributed by atoms with E-state index in [4.69, 9.17) is 11.6 Å². The van der Waals surface area contributed by atoms with Gasteiger partial charge in [0.15, 0.2) is 0 Å². The summed E-state index contributed by atoms with van der Waals surface area (Å²) in [5.74, 6) is -2.36. The fourth-order valence-corrected chi connectivity index (χ4v) is 3.35. The van der Waals surface area contributed by atoms with Crippen molar-refractivity contribution in [3.8, 4) is 0 Å². The largest absolute Gasteiger partial charge is 0.396 e. The number of nitrogens with one attached hydrogen (secondary N) is 1. The Morgan fingerprint density at radius 1 is 1.19 bits per heavy atom. The number of hydrogen-bond acceptors (Lipinski definition) is 3. The zero-order valence-corrected chi connectivity index (χ0v) is 15.0. The maximum absolute atomic E-state index is 14.1. The molecule has 1 saturated heterocycles. The third-order valence-corrected chi connectivity index (χ3v) is 4.88. The van der Waals surface area contributed by atoms with Gasteiger partial charge < -0.3 is 10.0 Å². The quantitative estimate of drug-likeness (QED) is 0.782. The van der Waals surface area contributed by atoms with Crippen molar-refractivity contribution in [2.75, 3.05) is 18.1 Å². The molecule has 2 N–H and O–H groups in total. The molecule has 0 bridgehead atoms. The van der Waals surface area contributed by atoms with E-state index in [1.165, 1.54) is 23.1 Å². The minimum absolute atomic E-state index is 0.0325. The molecule has 0 saturated carbocycles. The average molecular weight is 399 g/mol. The van der Waals surface area contributed by atoms with Gasteiger partial charge in [-0.25, -0.2) is 13.2 Å². The van der Waals surface area contributed by atoms with Crippen molar-refractivity contribution in [2.45, 2.75) is 24.9 Å². The second kappa shape index (κ2) is 8.29. The molecule has 144 valence electrons. The molecular weight excluding hydrogens is 381 g/mol. The van der Waals surface area contributed by atoms with Crippen molar-refractivity contribution in [3.63, 3.8) is 0 Å². The van der Waals surface area contributed by atoms with Crippen LogP contribution in [0, 0.1) is 17.5 Å². The van der Waals surface area contributed by atoms with Gasteiger partial charge in [-0.2, -0.15) is 0 Å². The number of hydrogen-bond donors (Lipinski definition) is 2. The first-order valence-corrected chi connectivity index (χ1v) is 8.86. The predicted octanol–water partition coefficient (Wildman–Crippen LogP) is 3.58. The molecule has 1 aliphatic heterocycles. The maximum atomic E-state index is 14.1. The summed E-state index contributed by atoms with van der Waals surface area (Å²) in [5, 5.41) is 12.3. The Kier molecular flexibility index (Phi) is 6.04. The Morgan fingerprint density at radius 2 is 1.96 bits per heavy atom. The number of halogens is 4. The van der Waals surface area contributed by atoms with Crippen LogP contribution in [0.4, 0.5) is 18.9 Å². The van der Waals surface area contributed by atoms with Crippen LogP contribution in [0.5, 0.6) is 0 Å². The van der Waals surface area contributed by atoms with E-state index in [0.717, 1.165) is 12.1 Å². The van der Waals surface area contributed by atoms with E-state index in [9.17, 15) is 23.1 Å². The lowest BCUT2D eigenvalue weighted by molar-refractivity contribution is -0.119. The first kappa shape index (κ1) is 19.7. The van der Waals surface area contributed by atoms with Crippen LogP contribution in [0.1, 0.15) is 24.4 Å². The number of amides is 1. The zero-order valence-electron chi connectivity index (χ0n) is 14.3. The summed E-state index contributed by atoms with van der Waals surface area (Å²) in [5.41, 5.74) is 0.562. The average Bonchev–Trinajstić information content (AvgIpc) is 2.98. The molecule has 1 fully saturated rings. The first-order valence-electron chi connectivity index (χ1n) is 8.49. The molecule has 1 heterocycles. The summed E-state index contributed by atoms with van der Waals surface area (Å²) in [4.78, 5) is 14.1. The minimum Gasteiger partial charge on any atom is -0.396 e. The Balaban J connectivity index is 1.77. The van der Waals surface area contributed by atoms with Crippen LogP contribution in [0.2, 0.25) is 5.02 Å². The van der Waals surface area contributed by atoms with E-state index in [0.29, 0.717) is 18.7 Å². The van der Waals surface area contributed by atoms with Gasteiger partial charge in [-0.15, -0.1) is 0 Å². The minimum atomic E-state index is -0.747. The summed E-state index contributed by atoms with van der Waals surface area (Å²) in [6.07, 6.45) is 0.579. The monoisotopic (exact) mass is 398 g/mol. The Morgan fingerprint density at radius 3 is 2.63 bits per heavy atom. The summed E-state index contributed by atoms with van der Waals surface area (Å²) in [6, 6.07) is 6.01. The lowest BCUT2D eigenvalue weighted by Crippen LogP contribution is -2.40. The van der Waals surface area contributed by atoms with Gasteiger partial charge in [-0.1, -0.05) is 17.7 Å². The predicted molar refractivity (Wildman–Crippen MR) is 96.1 cm³/mol. The Bertz CT molecular complexity index is 850. The van der Waals surface area contributed by atoms with Gasteiger partial charge in [0.1, 0.15) is 17.5 Å². The van der Waals surface area contributed by atoms with Gasteiger partial charge in [0, 0.05) is 36.5 Å². The molecule has 2 aromatic carbocycles. The number of carbonyl (C=O) groups is 1. The van der Waals surface area contributed by atoms with Crippen LogP contribution in [0.25, 0.3) is 0 Å². The van der Waals surface area contributed by atoms with Crippen LogP contribution < -0.4 is 10.2 Å². The molecule has 8 heteroatoms. The first-order chi connectivity index (χ1) is 12.9. The molecule has 27 heavy (non-hydrogen) atoms. The maximum Gasteiger partial charge on any atom is 0.244 e. The number of benzene rings is 2. The van der Waals surface area contributed by atoms with Gasteiger partial charge in [0.05, 0.1) is 11.1 Å². The van der Waals surface area contributed by atoms with Gasteiger partial charge in [-0.3, -0.25) is 10.1 Å². The highest BCUT2D eigenvalue weighted by Crippen LogP contribution is 2.28. The van der Waals surface area contributed by atoms with Crippen molar-refractivity contribution >= 4 is 23.2 Å². The van der Waals surface area contributed by atoms with E-state index in [1.54, 1.807) is 6.07 Å². The molecule has 0 aliphatic carbocycles. The second-order valence-electron chi connectivity index (χ2n) is 6.33. The van der Waals surface area contributed by atoms with Crippen molar-refractivity contribution < 1.29 is 23.1 Å². The molecule has 2 unspecified atom stereocenters. The number of aliphatic hydroxyl groups excluding tert-OH is 1. The summed E-state index contributed by atoms with van der Waals surface area (Å²) in [6.45, 7) is 0.122. The van der Waals surface area contributed by atoms with Crippen molar-refractivity contribution in [1.29, 1.82) is 0 Å². The molecule has 2 aromatic rings. The zero-order chi connectivity index (χ0) is 19.6. The molecular formula is C19H18ClF3N2O2. The standard InChI is InChI=1S/C19H18ClF3N2O2/c20-14-4-2-12(10-16(14)23)25-7-5-18(19(25)27)24-17(6-8-26)13-3-1-11(21)9-15(13)22/h1-4,9-10,17-18,24,26H,5-8H2. The fraction of sp³-hybridized carbons (Fsp3) is 0.316. The van der Waals surface area contributed by atoms with Gasteiger partial charge in [0.25, 0.3) is 0 Å². The van der Waals surface area contributed by atoms with Crippen LogP contribution in [0.15, 0.2) is 36.4 Å². The fourth-order valence-electron chi connectivity index (χ4n) is 3.23. The summed E-state index contributed by atoms with van der Waals surface area (Å²) < 4.78 is 40.9. The van der Waals surface area contributed by atoms with E-state index in [-0.39, 0.29) is 29.5 Å². The number of anilines is 1. The number of nitrogens with zero attached hydrogens (tertiary/aromatic N) is 1. The third-order valence-electron chi connectivity index (χ3n) is 4.58. The normalized spacial score (nSPS) is 18.2. The molecule has 1 aliphatic rings. The summed E-state index contributed by atoms with van der Waals surface area (Å²) >= 11 is 5.67. The van der Waals surface area contributed by atoms with Crippen molar-refractivity contribution in [2.24, 2.45) is 0 Å². The molecule has 1 amide bonds. The smallest absolute Gasteiger partial charge is 0.244 e. The number of rotatable bonds is 6. The highest BCUT2D eigenvalue weighted by molar-refractivity contribution is 6.30. The lowest BCUT2D eigenvalue weighted by Gasteiger charge is -2.23. The molecule has 2 atom stereocenters. The second-order valence-corrected chi connectivity index (χ2v) is 6.73. The van der Waals surface area contributed by atoms with Crippen LogP contribution in [-0.2, 0) is 4.79 Å². The SMILES string of the molecule is O=C1C(NC(CCO)c2ccc(F)cc2F)CCN1c1ccc(Cl)c(F)c1. The van der Waals surface area contributed by atoms with E-state index in [2.05, 4.69) is 5.32 Å². The Hall–Kier alpha value is -2.09. The molecule has 3 rings (SSSR count). The lowest BCUT2D eigenvalue weighted by atomic mass is 10.0. The van der Waals surface area contributed by atoms with Gasteiger partial charge >= 0.3 is 0 Å². The Labute approximate surface area is 159 Å². The highest BCUT2D eigenvalue weighted by atomic mass is 35.5. The van der Waals surface area contributed by atoms with Crippen LogP contribution in [0.3, 0.4) is 0 Å². The molecule has 4 nitrogen and oxygen atoms in total. The van der Waals surface area contributed by atoms with E-state index < -0.39 is 29.5 Å². The molecule has 0 radical (unpaired) electrons. The van der Waals surface area contributed by atoms with E-state index >= 15 is 0 Å².